The predicted molar refractivity (Wildman–Crippen MR) is 69.0 cm³/mol. The molecule has 1 unspecified atom stereocenters. The first-order chi connectivity index (χ1) is 7.26. The van der Waals surface area contributed by atoms with Crippen LogP contribution in [-0.2, 0) is 0 Å². The molecule has 0 aromatic heterocycles. The van der Waals surface area contributed by atoms with E-state index in [-0.39, 0.29) is 0 Å². The fraction of sp³-hybridized carbons (Fsp3) is 1.00. The van der Waals surface area contributed by atoms with E-state index in [9.17, 15) is 0 Å². The molecular formula is C15H30. The first-order valence-corrected chi connectivity index (χ1v) is 7.26. The molecule has 0 N–H and O–H groups in total. The molecule has 0 aromatic carbocycles. The zero-order valence-corrected chi connectivity index (χ0v) is 11.1. The lowest BCUT2D eigenvalue weighted by Crippen LogP contribution is -2.24. The van der Waals surface area contributed by atoms with Crippen LogP contribution in [0.3, 0.4) is 0 Å². The van der Waals surface area contributed by atoms with E-state index in [2.05, 4.69) is 20.8 Å². The summed E-state index contributed by atoms with van der Waals surface area (Å²) in [6.07, 6.45) is 13.2. The highest BCUT2D eigenvalue weighted by atomic mass is 14.3. The lowest BCUT2D eigenvalue weighted by molar-refractivity contribution is 0.154. The molecule has 90 valence electrons. The van der Waals surface area contributed by atoms with Crippen molar-refractivity contribution in [2.75, 3.05) is 0 Å². The first kappa shape index (κ1) is 13.1. The number of unbranched alkanes of at least 4 members (excludes halogenated alkanes) is 3. The maximum atomic E-state index is 2.46. The van der Waals surface area contributed by atoms with Gasteiger partial charge < -0.3 is 0 Å². The SMILES string of the molecule is CCCCCCC(C)CC1CC(CC)C1. The van der Waals surface area contributed by atoms with Crippen molar-refractivity contribution in [2.45, 2.75) is 78.6 Å². The van der Waals surface area contributed by atoms with Crippen molar-refractivity contribution < 1.29 is 0 Å². The van der Waals surface area contributed by atoms with Crippen molar-refractivity contribution in [1.82, 2.24) is 0 Å². The van der Waals surface area contributed by atoms with Gasteiger partial charge in [-0.2, -0.15) is 0 Å². The highest BCUT2D eigenvalue weighted by Crippen LogP contribution is 2.40. The molecule has 0 amide bonds. The van der Waals surface area contributed by atoms with Gasteiger partial charge in [0, 0.05) is 0 Å². The summed E-state index contributed by atoms with van der Waals surface area (Å²) in [7, 11) is 0. The molecule has 0 heterocycles. The van der Waals surface area contributed by atoms with Crippen LogP contribution in [0.25, 0.3) is 0 Å². The van der Waals surface area contributed by atoms with Gasteiger partial charge in [-0.15, -0.1) is 0 Å². The van der Waals surface area contributed by atoms with Gasteiger partial charge in [0.25, 0.3) is 0 Å². The van der Waals surface area contributed by atoms with Gasteiger partial charge >= 0.3 is 0 Å². The van der Waals surface area contributed by atoms with E-state index in [0.29, 0.717) is 0 Å². The minimum atomic E-state index is 0.990. The Kier molecular flexibility index (Phi) is 6.36. The van der Waals surface area contributed by atoms with Crippen molar-refractivity contribution in [3.8, 4) is 0 Å². The zero-order chi connectivity index (χ0) is 11.1. The molecule has 0 heteroatoms. The molecule has 15 heavy (non-hydrogen) atoms. The average Bonchev–Trinajstić information content (AvgIpc) is 2.17. The summed E-state index contributed by atoms with van der Waals surface area (Å²) in [4.78, 5) is 0. The second kappa shape index (κ2) is 7.30. The topological polar surface area (TPSA) is 0 Å². The average molecular weight is 210 g/mol. The van der Waals surface area contributed by atoms with Gasteiger partial charge in [-0.1, -0.05) is 59.3 Å². The highest BCUT2D eigenvalue weighted by molar-refractivity contribution is 4.79. The van der Waals surface area contributed by atoms with Crippen LogP contribution in [0.4, 0.5) is 0 Å². The van der Waals surface area contributed by atoms with Crippen LogP contribution < -0.4 is 0 Å². The van der Waals surface area contributed by atoms with Gasteiger partial charge in [-0.25, -0.2) is 0 Å². The minimum Gasteiger partial charge on any atom is -0.0654 e. The van der Waals surface area contributed by atoms with Crippen molar-refractivity contribution in [3.05, 3.63) is 0 Å². The molecule has 0 bridgehead atoms. The molecule has 0 nitrogen and oxygen atoms in total. The van der Waals surface area contributed by atoms with E-state index in [1.165, 1.54) is 57.8 Å². The number of hydrogen-bond acceptors (Lipinski definition) is 0. The highest BCUT2D eigenvalue weighted by Gasteiger charge is 2.28. The maximum absolute atomic E-state index is 2.46. The van der Waals surface area contributed by atoms with Crippen LogP contribution in [0.2, 0.25) is 0 Å². The van der Waals surface area contributed by atoms with Crippen molar-refractivity contribution in [3.63, 3.8) is 0 Å². The second-order valence-corrected chi connectivity index (χ2v) is 5.80. The Hall–Kier alpha value is 0. The second-order valence-electron chi connectivity index (χ2n) is 5.80. The fourth-order valence-corrected chi connectivity index (χ4v) is 3.01. The van der Waals surface area contributed by atoms with Crippen molar-refractivity contribution in [1.29, 1.82) is 0 Å². The molecule has 0 aliphatic heterocycles. The molecule has 1 atom stereocenters. The van der Waals surface area contributed by atoms with Gasteiger partial charge in [-0.3, -0.25) is 0 Å². The Morgan fingerprint density at radius 3 is 2.33 bits per heavy atom. The van der Waals surface area contributed by atoms with Gasteiger partial charge in [0.15, 0.2) is 0 Å². The molecule has 0 saturated heterocycles. The fourth-order valence-electron chi connectivity index (χ4n) is 3.01. The summed E-state index contributed by atoms with van der Waals surface area (Å²) in [5.41, 5.74) is 0. The van der Waals surface area contributed by atoms with Gasteiger partial charge in [-0.05, 0) is 37.0 Å². The van der Waals surface area contributed by atoms with Crippen LogP contribution >= 0.6 is 0 Å². The lowest BCUT2D eigenvalue weighted by atomic mass is 9.70. The van der Waals surface area contributed by atoms with Gasteiger partial charge in [0.1, 0.15) is 0 Å². The third-order valence-corrected chi connectivity index (χ3v) is 4.20. The summed E-state index contributed by atoms with van der Waals surface area (Å²) in [5, 5.41) is 0. The standard InChI is InChI=1S/C15H30/c1-4-6-7-8-9-13(3)10-15-11-14(5-2)12-15/h13-15H,4-12H2,1-3H3. The van der Waals surface area contributed by atoms with Crippen LogP contribution in [0.1, 0.15) is 78.6 Å². The predicted octanol–water partition coefficient (Wildman–Crippen LogP) is 5.42. The summed E-state index contributed by atoms with van der Waals surface area (Å²) < 4.78 is 0. The normalized spacial score (nSPS) is 27.4. The largest absolute Gasteiger partial charge is 0.0654 e. The van der Waals surface area contributed by atoms with Crippen LogP contribution in [0, 0.1) is 17.8 Å². The van der Waals surface area contributed by atoms with E-state index >= 15 is 0 Å². The number of hydrogen-bond donors (Lipinski definition) is 0. The smallest absolute Gasteiger partial charge is 0.0406 e. The Bertz CT molecular complexity index is 144. The van der Waals surface area contributed by atoms with Gasteiger partial charge in [0.2, 0.25) is 0 Å². The molecule has 1 rings (SSSR count). The quantitative estimate of drug-likeness (QED) is 0.469. The molecule has 0 spiro atoms. The Labute approximate surface area is 96.8 Å². The molecular weight excluding hydrogens is 180 g/mol. The first-order valence-electron chi connectivity index (χ1n) is 7.26. The van der Waals surface area contributed by atoms with E-state index in [1.54, 1.807) is 0 Å². The van der Waals surface area contributed by atoms with E-state index in [0.717, 1.165) is 17.8 Å². The molecule has 0 radical (unpaired) electrons. The van der Waals surface area contributed by atoms with E-state index < -0.39 is 0 Å². The molecule has 1 aliphatic rings. The summed E-state index contributed by atoms with van der Waals surface area (Å²) in [6.45, 7) is 7.10. The lowest BCUT2D eigenvalue weighted by Gasteiger charge is -2.36. The van der Waals surface area contributed by atoms with Crippen molar-refractivity contribution >= 4 is 0 Å². The maximum Gasteiger partial charge on any atom is -0.0406 e. The third kappa shape index (κ3) is 5.04. The third-order valence-electron chi connectivity index (χ3n) is 4.20. The molecule has 0 aromatic rings. The molecule has 1 fully saturated rings. The van der Waals surface area contributed by atoms with Crippen LogP contribution in [0.5, 0.6) is 0 Å². The minimum absolute atomic E-state index is 0.990. The van der Waals surface area contributed by atoms with Crippen LogP contribution in [-0.4, -0.2) is 0 Å². The Balaban J connectivity index is 1.92. The number of rotatable bonds is 8. The van der Waals surface area contributed by atoms with Crippen LogP contribution in [0.15, 0.2) is 0 Å². The summed E-state index contributed by atoms with van der Waals surface area (Å²) in [5.74, 6) is 3.17. The van der Waals surface area contributed by atoms with E-state index in [1.807, 2.05) is 0 Å². The van der Waals surface area contributed by atoms with Gasteiger partial charge in [0.05, 0.1) is 0 Å². The van der Waals surface area contributed by atoms with Crippen molar-refractivity contribution in [2.24, 2.45) is 17.8 Å². The molecule has 1 aliphatic carbocycles. The molecule has 1 saturated carbocycles. The Morgan fingerprint density at radius 2 is 1.73 bits per heavy atom. The summed E-state index contributed by atoms with van der Waals surface area (Å²) in [6, 6.07) is 0. The zero-order valence-electron chi connectivity index (χ0n) is 11.1. The summed E-state index contributed by atoms with van der Waals surface area (Å²) >= 11 is 0. The Morgan fingerprint density at radius 1 is 1.00 bits per heavy atom. The van der Waals surface area contributed by atoms with E-state index in [4.69, 9.17) is 0 Å². The monoisotopic (exact) mass is 210 g/mol.